The van der Waals surface area contributed by atoms with Crippen molar-refractivity contribution in [2.24, 2.45) is 0 Å². The SMILES string of the molecule is CCOc1cc(C=CC(=O)O)cc(Cl)c1OCc1cccc2ccccc12. The number of aliphatic carboxylic acids is 1. The highest BCUT2D eigenvalue weighted by Gasteiger charge is 2.13. The van der Waals surface area contributed by atoms with Crippen molar-refractivity contribution in [1.82, 2.24) is 0 Å². The maximum absolute atomic E-state index is 10.7. The number of halogens is 1. The number of ether oxygens (including phenoxy) is 2. The van der Waals surface area contributed by atoms with Gasteiger partial charge in [-0.3, -0.25) is 0 Å². The van der Waals surface area contributed by atoms with Gasteiger partial charge in [-0.1, -0.05) is 54.1 Å². The van der Waals surface area contributed by atoms with E-state index in [0.29, 0.717) is 35.3 Å². The predicted octanol–water partition coefficient (Wildman–Crippen LogP) is 5.57. The number of hydrogen-bond acceptors (Lipinski definition) is 3. The minimum absolute atomic E-state index is 0.339. The van der Waals surface area contributed by atoms with E-state index in [-0.39, 0.29) is 0 Å². The Labute approximate surface area is 162 Å². The third-order valence-corrected chi connectivity index (χ3v) is 4.28. The van der Waals surface area contributed by atoms with Crippen molar-refractivity contribution in [3.8, 4) is 11.5 Å². The van der Waals surface area contributed by atoms with Gasteiger partial charge in [0.15, 0.2) is 11.5 Å². The lowest BCUT2D eigenvalue weighted by atomic mass is 10.1. The van der Waals surface area contributed by atoms with Gasteiger partial charge in [-0.2, -0.15) is 0 Å². The van der Waals surface area contributed by atoms with Crippen molar-refractivity contribution in [3.63, 3.8) is 0 Å². The van der Waals surface area contributed by atoms with Crippen LogP contribution in [0, 0.1) is 0 Å². The number of fused-ring (bicyclic) bond motifs is 1. The highest BCUT2D eigenvalue weighted by molar-refractivity contribution is 6.32. The zero-order chi connectivity index (χ0) is 19.2. The fourth-order valence-electron chi connectivity index (χ4n) is 2.82. The average molecular weight is 383 g/mol. The number of carboxylic acid groups (broad SMARTS) is 1. The molecule has 0 amide bonds. The second-order valence-electron chi connectivity index (χ2n) is 5.86. The summed E-state index contributed by atoms with van der Waals surface area (Å²) in [6, 6.07) is 17.5. The molecule has 0 fully saturated rings. The molecule has 3 aromatic carbocycles. The third-order valence-electron chi connectivity index (χ3n) is 4.00. The molecular formula is C22H19ClO4. The van der Waals surface area contributed by atoms with Crippen LogP contribution < -0.4 is 9.47 Å². The monoisotopic (exact) mass is 382 g/mol. The van der Waals surface area contributed by atoms with Gasteiger partial charge in [0.1, 0.15) is 6.61 Å². The average Bonchev–Trinajstić information content (AvgIpc) is 2.66. The summed E-state index contributed by atoms with van der Waals surface area (Å²) in [6.45, 7) is 2.64. The summed E-state index contributed by atoms with van der Waals surface area (Å²) in [5.74, 6) is -0.102. The van der Waals surface area contributed by atoms with Crippen LogP contribution in [-0.4, -0.2) is 17.7 Å². The number of benzene rings is 3. The molecule has 27 heavy (non-hydrogen) atoms. The van der Waals surface area contributed by atoms with Gasteiger partial charge in [-0.15, -0.1) is 0 Å². The Hall–Kier alpha value is -2.98. The summed E-state index contributed by atoms with van der Waals surface area (Å²) in [4.78, 5) is 10.7. The molecule has 5 heteroatoms. The van der Waals surface area contributed by atoms with Crippen LogP contribution in [0.1, 0.15) is 18.1 Å². The van der Waals surface area contributed by atoms with Gasteiger partial charge in [0.2, 0.25) is 0 Å². The second-order valence-corrected chi connectivity index (χ2v) is 6.27. The summed E-state index contributed by atoms with van der Waals surface area (Å²) >= 11 is 6.38. The van der Waals surface area contributed by atoms with Crippen LogP contribution in [0.2, 0.25) is 5.02 Å². The molecule has 0 spiro atoms. The van der Waals surface area contributed by atoms with E-state index in [1.54, 1.807) is 12.1 Å². The first-order valence-electron chi connectivity index (χ1n) is 8.55. The Morgan fingerprint density at radius 1 is 1.11 bits per heavy atom. The maximum Gasteiger partial charge on any atom is 0.328 e. The molecule has 0 aliphatic rings. The van der Waals surface area contributed by atoms with Crippen LogP contribution in [-0.2, 0) is 11.4 Å². The topological polar surface area (TPSA) is 55.8 Å². The number of carbonyl (C=O) groups is 1. The molecular weight excluding hydrogens is 364 g/mol. The quantitative estimate of drug-likeness (QED) is 0.543. The molecule has 0 bridgehead atoms. The van der Waals surface area contributed by atoms with Crippen molar-refractivity contribution in [1.29, 1.82) is 0 Å². The van der Waals surface area contributed by atoms with Crippen LogP contribution >= 0.6 is 11.6 Å². The van der Waals surface area contributed by atoms with Crippen molar-refractivity contribution in [3.05, 3.63) is 76.8 Å². The van der Waals surface area contributed by atoms with E-state index >= 15 is 0 Å². The van der Waals surface area contributed by atoms with Crippen LogP contribution in [0.15, 0.2) is 60.7 Å². The first-order chi connectivity index (χ1) is 13.1. The van der Waals surface area contributed by atoms with Gasteiger partial charge in [0.05, 0.1) is 11.6 Å². The van der Waals surface area contributed by atoms with E-state index in [4.69, 9.17) is 26.2 Å². The highest BCUT2D eigenvalue weighted by atomic mass is 35.5. The number of rotatable bonds is 7. The molecule has 0 heterocycles. The summed E-state index contributed by atoms with van der Waals surface area (Å²) in [5, 5.41) is 11.4. The largest absolute Gasteiger partial charge is 0.490 e. The highest BCUT2D eigenvalue weighted by Crippen LogP contribution is 2.38. The molecule has 0 saturated heterocycles. The van der Waals surface area contributed by atoms with Crippen molar-refractivity contribution >= 4 is 34.4 Å². The Bertz CT molecular complexity index is 990. The molecule has 3 rings (SSSR count). The van der Waals surface area contributed by atoms with Gasteiger partial charge in [0.25, 0.3) is 0 Å². The summed E-state index contributed by atoms with van der Waals surface area (Å²) in [7, 11) is 0. The predicted molar refractivity (Wildman–Crippen MR) is 108 cm³/mol. The Morgan fingerprint density at radius 2 is 1.89 bits per heavy atom. The van der Waals surface area contributed by atoms with Crippen molar-refractivity contribution in [2.75, 3.05) is 6.61 Å². The smallest absolute Gasteiger partial charge is 0.328 e. The van der Waals surface area contributed by atoms with Gasteiger partial charge in [-0.25, -0.2) is 4.79 Å². The molecule has 0 atom stereocenters. The minimum Gasteiger partial charge on any atom is -0.490 e. The molecule has 138 valence electrons. The normalized spacial score (nSPS) is 11.0. The lowest BCUT2D eigenvalue weighted by Gasteiger charge is -2.15. The summed E-state index contributed by atoms with van der Waals surface area (Å²) in [5.41, 5.74) is 1.67. The molecule has 0 aliphatic carbocycles. The standard InChI is InChI=1S/C22H19ClO4/c1-2-26-20-13-15(10-11-21(24)25)12-19(23)22(20)27-14-17-8-5-7-16-6-3-4-9-18(16)17/h3-13H,2,14H2,1H3,(H,24,25). The first kappa shape index (κ1) is 18.8. The maximum atomic E-state index is 10.7. The molecule has 3 aromatic rings. The van der Waals surface area contributed by atoms with E-state index in [1.807, 2.05) is 31.2 Å². The van der Waals surface area contributed by atoms with Crippen LogP contribution in [0.4, 0.5) is 0 Å². The van der Waals surface area contributed by atoms with Gasteiger partial charge in [-0.05, 0) is 47.0 Å². The van der Waals surface area contributed by atoms with Crippen LogP contribution in [0.5, 0.6) is 11.5 Å². The van der Waals surface area contributed by atoms with Gasteiger partial charge >= 0.3 is 5.97 Å². The minimum atomic E-state index is -1.03. The Balaban J connectivity index is 1.90. The fraction of sp³-hybridized carbons (Fsp3) is 0.136. The second kappa shape index (κ2) is 8.60. The number of hydrogen-bond donors (Lipinski definition) is 1. The van der Waals surface area contributed by atoms with Crippen molar-refractivity contribution < 1.29 is 19.4 Å². The molecule has 0 aliphatic heterocycles. The van der Waals surface area contributed by atoms with E-state index in [1.165, 1.54) is 6.08 Å². The Morgan fingerprint density at radius 3 is 2.67 bits per heavy atom. The zero-order valence-corrected chi connectivity index (χ0v) is 15.6. The first-order valence-corrected chi connectivity index (χ1v) is 8.93. The van der Waals surface area contributed by atoms with Crippen molar-refractivity contribution in [2.45, 2.75) is 13.5 Å². The third kappa shape index (κ3) is 4.60. The van der Waals surface area contributed by atoms with Crippen LogP contribution in [0.3, 0.4) is 0 Å². The molecule has 0 aromatic heterocycles. The van der Waals surface area contributed by atoms with Gasteiger partial charge in [0, 0.05) is 6.08 Å². The van der Waals surface area contributed by atoms with E-state index in [0.717, 1.165) is 22.4 Å². The zero-order valence-electron chi connectivity index (χ0n) is 14.8. The molecule has 0 saturated carbocycles. The molecule has 0 radical (unpaired) electrons. The van der Waals surface area contributed by atoms with Crippen LogP contribution in [0.25, 0.3) is 16.8 Å². The van der Waals surface area contributed by atoms with E-state index in [2.05, 4.69) is 18.2 Å². The molecule has 4 nitrogen and oxygen atoms in total. The van der Waals surface area contributed by atoms with E-state index < -0.39 is 5.97 Å². The Kier molecular flexibility index (Phi) is 5.99. The lowest BCUT2D eigenvalue weighted by molar-refractivity contribution is -0.131. The summed E-state index contributed by atoms with van der Waals surface area (Å²) in [6.07, 6.45) is 2.52. The fourth-order valence-corrected chi connectivity index (χ4v) is 3.10. The molecule has 0 unspecified atom stereocenters. The lowest BCUT2D eigenvalue weighted by Crippen LogP contribution is -2.01. The van der Waals surface area contributed by atoms with Gasteiger partial charge < -0.3 is 14.6 Å². The number of carboxylic acids is 1. The van der Waals surface area contributed by atoms with E-state index in [9.17, 15) is 4.79 Å². The molecule has 1 N–H and O–H groups in total. The summed E-state index contributed by atoms with van der Waals surface area (Å²) < 4.78 is 11.6.